The molecule has 0 aliphatic rings. The molecule has 5 heteroatoms. The highest BCUT2D eigenvalue weighted by molar-refractivity contribution is 5.92. The third-order valence-corrected chi connectivity index (χ3v) is 3.64. The molecule has 0 saturated heterocycles. The molecule has 0 aliphatic carbocycles. The lowest BCUT2D eigenvalue weighted by Gasteiger charge is -2.20. The van der Waals surface area contributed by atoms with Crippen LogP contribution in [0, 0.1) is 11.3 Å². The fourth-order valence-electron chi connectivity index (χ4n) is 2.33. The number of hydrogen-bond donors (Lipinski definition) is 1. The number of rotatable bonds is 7. The molecular formula is C20H19N3O2. The van der Waals surface area contributed by atoms with Gasteiger partial charge in [0.15, 0.2) is 0 Å². The van der Waals surface area contributed by atoms with Gasteiger partial charge in [0.2, 0.25) is 11.8 Å². The van der Waals surface area contributed by atoms with E-state index in [9.17, 15) is 9.59 Å². The molecule has 0 saturated carbocycles. The number of carbonyl (C=O) groups is 2. The van der Waals surface area contributed by atoms with Crippen LogP contribution in [0.2, 0.25) is 0 Å². The van der Waals surface area contributed by atoms with Crippen molar-refractivity contribution in [3.05, 3.63) is 77.4 Å². The molecule has 0 aromatic heterocycles. The van der Waals surface area contributed by atoms with Gasteiger partial charge in [0.25, 0.3) is 0 Å². The van der Waals surface area contributed by atoms with Crippen molar-refractivity contribution >= 4 is 17.9 Å². The molecule has 5 nitrogen and oxygen atoms in total. The van der Waals surface area contributed by atoms with E-state index in [-0.39, 0.29) is 18.9 Å². The van der Waals surface area contributed by atoms with Crippen molar-refractivity contribution in [2.24, 2.45) is 5.73 Å². The molecule has 2 aromatic rings. The Labute approximate surface area is 147 Å². The van der Waals surface area contributed by atoms with E-state index in [2.05, 4.69) is 6.07 Å². The average molecular weight is 333 g/mol. The van der Waals surface area contributed by atoms with E-state index < -0.39 is 5.91 Å². The summed E-state index contributed by atoms with van der Waals surface area (Å²) in [5, 5.41) is 9.10. The minimum absolute atomic E-state index is 0.0984. The maximum atomic E-state index is 12.5. The van der Waals surface area contributed by atoms with Crippen LogP contribution in [0.5, 0.6) is 0 Å². The van der Waals surface area contributed by atoms with E-state index >= 15 is 0 Å². The molecule has 0 unspecified atom stereocenters. The lowest BCUT2D eigenvalue weighted by atomic mass is 10.1. The zero-order valence-electron chi connectivity index (χ0n) is 13.8. The molecule has 0 fully saturated rings. The largest absolute Gasteiger partial charge is 0.370 e. The lowest BCUT2D eigenvalue weighted by Crippen LogP contribution is -2.32. The molecule has 0 atom stereocenters. The maximum Gasteiger partial charge on any atom is 0.246 e. The molecule has 2 rings (SSSR count). The Bertz CT molecular complexity index is 807. The summed E-state index contributed by atoms with van der Waals surface area (Å²) in [6.45, 7) is 0.629. The smallest absolute Gasteiger partial charge is 0.246 e. The summed E-state index contributed by atoms with van der Waals surface area (Å²) in [4.78, 5) is 25.2. The van der Waals surface area contributed by atoms with Gasteiger partial charge in [-0.3, -0.25) is 9.59 Å². The first kappa shape index (κ1) is 18.0. The summed E-state index contributed by atoms with van der Waals surface area (Å²) in [7, 11) is 0. The SMILES string of the molecule is N#Cc1ccccc1/C=C\C(=O)N(CCC(N)=O)Cc1ccccc1. The average Bonchev–Trinajstić information content (AvgIpc) is 2.64. The minimum atomic E-state index is -0.454. The van der Waals surface area contributed by atoms with Gasteiger partial charge in [0.05, 0.1) is 11.6 Å². The van der Waals surface area contributed by atoms with Gasteiger partial charge in [-0.2, -0.15) is 5.26 Å². The van der Waals surface area contributed by atoms with Gasteiger partial charge in [0, 0.05) is 25.6 Å². The molecule has 2 N–H and O–H groups in total. The van der Waals surface area contributed by atoms with Crippen molar-refractivity contribution < 1.29 is 9.59 Å². The van der Waals surface area contributed by atoms with E-state index in [1.54, 1.807) is 35.2 Å². The molecule has 0 radical (unpaired) electrons. The Balaban J connectivity index is 2.15. The monoisotopic (exact) mass is 333 g/mol. The Morgan fingerprint density at radius 1 is 1.08 bits per heavy atom. The molecule has 0 spiro atoms. The van der Waals surface area contributed by atoms with Crippen LogP contribution < -0.4 is 5.73 Å². The summed E-state index contributed by atoms with van der Waals surface area (Å²) in [5.74, 6) is -0.692. The van der Waals surface area contributed by atoms with Crippen molar-refractivity contribution in [1.82, 2.24) is 4.90 Å². The molecule has 2 aromatic carbocycles. The number of benzene rings is 2. The van der Waals surface area contributed by atoms with Crippen LogP contribution in [0.1, 0.15) is 23.1 Å². The Morgan fingerprint density at radius 3 is 2.44 bits per heavy atom. The molecule has 0 bridgehead atoms. The highest BCUT2D eigenvalue weighted by atomic mass is 16.2. The second-order valence-electron chi connectivity index (χ2n) is 5.49. The Hall–Kier alpha value is -3.39. The molecule has 126 valence electrons. The second kappa shape index (κ2) is 9.04. The number of nitrogens with two attached hydrogens (primary N) is 1. The topological polar surface area (TPSA) is 87.2 Å². The maximum absolute atomic E-state index is 12.5. The zero-order chi connectivity index (χ0) is 18.1. The predicted octanol–water partition coefficient (Wildman–Crippen LogP) is 2.48. The van der Waals surface area contributed by atoms with Gasteiger partial charge in [-0.1, -0.05) is 48.5 Å². The molecule has 0 heterocycles. The van der Waals surface area contributed by atoms with Crippen LogP contribution in [0.15, 0.2) is 60.7 Å². The van der Waals surface area contributed by atoms with Crippen molar-refractivity contribution in [2.45, 2.75) is 13.0 Å². The van der Waals surface area contributed by atoms with Crippen LogP contribution in [0.4, 0.5) is 0 Å². The first-order valence-electron chi connectivity index (χ1n) is 7.88. The number of nitrogens with zero attached hydrogens (tertiary/aromatic N) is 2. The fraction of sp³-hybridized carbons (Fsp3) is 0.150. The Kier molecular flexibility index (Phi) is 6.49. The van der Waals surface area contributed by atoms with Gasteiger partial charge in [0.1, 0.15) is 0 Å². The summed E-state index contributed by atoms with van der Waals surface area (Å²) < 4.78 is 0. The number of hydrogen-bond acceptors (Lipinski definition) is 3. The van der Waals surface area contributed by atoms with Crippen LogP contribution in [0.3, 0.4) is 0 Å². The summed E-state index contributed by atoms with van der Waals surface area (Å²) in [5.41, 5.74) is 7.34. The van der Waals surface area contributed by atoms with E-state index in [1.165, 1.54) is 6.08 Å². The van der Waals surface area contributed by atoms with E-state index in [4.69, 9.17) is 11.0 Å². The highest BCUT2D eigenvalue weighted by Crippen LogP contribution is 2.11. The zero-order valence-corrected chi connectivity index (χ0v) is 13.8. The summed E-state index contributed by atoms with van der Waals surface area (Å²) in [6, 6.07) is 18.7. The van der Waals surface area contributed by atoms with Crippen molar-refractivity contribution in [3.63, 3.8) is 0 Å². The fourth-order valence-corrected chi connectivity index (χ4v) is 2.33. The van der Waals surface area contributed by atoms with Gasteiger partial charge < -0.3 is 10.6 Å². The quantitative estimate of drug-likeness (QED) is 0.790. The number of nitriles is 1. The first-order chi connectivity index (χ1) is 12.1. The highest BCUT2D eigenvalue weighted by Gasteiger charge is 2.12. The van der Waals surface area contributed by atoms with E-state index in [1.807, 2.05) is 30.3 Å². The first-order valence-corrected chi connectivity index (χ1v) is 7.88. The van der Waals surface area contributed by atoms with Crippen molar-refractivity contribution in [1.29, 1.82) is 5.26 Å². The van der Waals surface area contributed by atoms with E-state index in [0.29, 0.717) is 17.7 Å². The standard InChI is InChI=1S/C20H19N3O2/c21-14-18-9-5-4-8-17(18)10-11-20(25)23(13-12-19(22)24)15-16-6-2-1-3-7-16/h1-11H,12-13,15H2,(H2,22,24)/b11-10-. The molecule has 25 heavy (non-hydrogen) atoms. The summed E-state index contributed by atoms with van der Waals surface area (Å²) in [6.07, 6.45) is 3.13. The number of carbonyl (C=O) groups excluding carboxylic acids is 2. The number of amides is 2. The van der Waals surface area contributed by atoms with Crippen molar-refractivity contribution in [3.8, 4) is 6.07 Å². The van der Waals surface area contributed by atoms with Gasteiger partial charge in [-0.05, 0) is 23.3 Å². The minimum Gasteiger partial charge on any atom is -0.370 e. The van der Waals surface area contributed by atoms with Crippen LogP contribution in [0.25, 0.3) is 6.08 Å². The number of primary amides is 1. The van der Waals surface area contributed by atoms with Crippen LogP contribution in [-0.2, 0) is 16.1 Å². The normalized spacial score (nSPS) is 10.4. The second-order valence-corrected chi connectivity index (χ2v) is 5.49. The molecular weight excluding hydrogens is 314 g/mol. The predicted molar refractivity (Wildman–Crippen MR) is 95.9 cm³/mol. The lowest BCUT2D eigenvalue weighted by molar-refractivity contribution is -0.127. The van der Waals surface area contributed by atoms with E-state index in [0.717, 1.165) is 5.56 Å². The summed E-state index contributed by atoms with van der Waals surface area (Å²) >= 11 is 0. The van der Waals surface area contributed by atoms with Crippen LogP contribution in [-0.4, -0.2) is 23.3 Å². The molecule has 0 aliphatic heterocycles. The Morgan fingerprint density at radius 2 is 1.76 bits per heavy atom. The third kappa shape index (κ3) is 5.63. The van der Waals surface area contributed by atoms with Gasteiger partial charge >= 0.3 is 0 Å². The van der Waals surface area contributed by atoms with Crippen LogP contribution >= 0.6 is 0 Å². The van der Waals surface area contributed by atoms with Crippen molar-refractivity contribution in [2.75, 3.05) is 6.54 Å². The van der Waals surface area contributed by atoms with Gasteiger partial charge in [-0.25, -0.2) is 0 Å². The van der Waals surface area contributed by atoms with Gasteiger partial charge in [-0.15, -0.1) is 0 Å². The molecule has 2 amide bonds. The third-order valence-electron chi connectivity index (χ3n) is 3.64.